The van der Waals surface area contributed by atoms with Crippen molar-refractivity contribution >= 4 is 21.7 Å². The molecule has 0 aliphatic rings. The second-order valence-corrected chi connectivity index (χ2v) is 7.20. The number of aromatic nitrogens is 2. The van der Waals surface area contributed by atoms with Gasteiger partial charge in [0.1, 0.15) is 10.4 Å². The van der Waals surface area contributed by atoms with E-state index < -0.39 is 0 Å². The van der Waals surface area contributed by atoms with Gasteiger partial charge in [0.25, 0.3) is 0 Å². The fourth-order valence-corrected chi connectivity index (χ4v) is 4.01. The Labute approximate surface area is 146 Å². The molecule has 0 atom stereocenters. The summed E-state index contributed by atoms with van der Waals surface area (Å²) in [7, 11) is 2.10. The summed E-state index contributed by atoms with van der Waals surface area (Å²) in [6.07, 6.45) is 0. The summed E-state index contributed by atoms with van der Waals surface area (Å²) < 4.78 is 3.41. The van der Waals surface area contributed by atoms with Crippen LogP contribution in [0, 0.1) is 13.8 Å². The van der Waals surface area contributed by atoms with Gasteiger partial charge in [-0.1, -0.05) is 53.3 Å². The van der Waals surface area contributed by atoms with Crippen LogP contribution < -0.4 is 4.57 Å². The highest BCUT2D eigenvalue weighted by molar-refractivity contribution is 7.21. The van der Waals surface area contributed by atoms with E-state index in [0.29, 0.717) is 0 Å². The number of nitrogens with zero attached hydrogens (tertiary/aromatic N) is 2. The normalized spacial score (nSPS) is 11.1. The molecular weight excluding hydrogens is 312 g/mol. The Kier molecular flexibility index (Phi) is 3.66. The molecule has 2 nitrogen and oxygen atoms in total. The molecule has 2 heterocycles. The minimum absolute atomic E-state index is 1.04. The predicted octanol–water partition coefficient (Wildman–Crippen LogP) is 5.07. The SMILES string of the molecule is Cc1ccc(-c2nc3c(ccc(-c4ccccc4C)[n+]3C)s2)cc1. The van der Waals surface area contributed by atoms with Gasteiger partial charge < -0.3 is 0 Å². The van der Waals surface area contributed by atoms with E-state index in [9.17, 15) is 0 Å². The maximum absolute atomic E-state index is 4.91. The molecule has 0 spiro atoms. The zero-order chi connectivity index (χ0) is 16.7. The highest BCUT2D eigenvalue weighted by atomic mass is 32.1. The van der Waals surface area contributed by atoms with Crippen LogP contribution in [-0.4, -0.2) is 4.98 Å². The lowest BCUT2D eigenvalue weighted by molar-refractivity contribution is -0.635. The molecule has 0 aliphatic heterocycles. The number of aryl methyl sites for hydroxylation is 3. The lowest BCUT2D eigenvalue weighted by Gasteiger charge is -2.06. The number of thiazole rings is 1. The third-order valence-corrected chi connectivity index (χ3v) is 5.48. The average molecular weight is 331 g/mol. The number of hydrogen-bond donors (Lipinski definition) is 0. The molecule has 2 aromatic carbocycles. The van der Waals surface area contributed by atoms with Crippen molar-refractivity contribution in [3.05, 3.63) is 71.8 Å². The van der Waals surface area contributed by atoms with Crippen LogP contribution in [0.25, 0.3) is 32.2 Å². The van der Waals surface area contributed by atoms with Crippen molar-refractivity contribution < 1.29 is 4.57 Å². The van der Waals surface area contributed by atoms with Gasteiger partial charge in [0.05, 0.1) is 7.05 Å². The van der Waals surface area contributed by atoms with Crippen LogP contribution in [0.2, 0.25) is 0 Å². The highest BCUT2D eigenvalue weighted by Crippen LogP contribution is 2.30. The maximum atomic E-state index is 4.91. The predicted molar refractivity (Wildman–Crippen MR) is 101 cm³/mol. The molecule has 4 aromatic rings. The van der Waals surface area contributed by atoms with Crippen molar-refractivity contribution in [2.45, 2.75) is 13.8 Å². The summed E-state index contributed by atoms with van der Waals surface area (Å²) >= 11 is 1.75. The van der Waals surface area contributed by atoms with Crippen LogP contribution in [0.4, 0.5) is 0 Å². The van der Waals surface area contributed by atoms with Crippen molar-refractivity contribution in [3.8, 4) is 21.8 Å². The summed E-state index contributed by atoms with van der Waals surface area (Å²) in [5.74, 6) is 0. The van der Waals surface area contributed by atoms with Crippen LogP contribution >= 0.6 is 11.3 Å². The van der Waals surface area contributed by atoms with E-state index in [0.717, 1.165) is 10.7 Å². The van der Waals surface area contributed by atoms with Gasteiger partial charge in [0.15, 0.2) is 0 Å². The Morgan fingerprint density at radius 2 is 1.62 bits per heavy atom. The van der Waals surface area contributed by atoms with Gasteiger partial charge >= 0.3 is 5.65 Å². The van der Waals surface area contributed by atoms with E-state index in [2.05, 4.69) is 86.1 Å². The molecule has 4 rings (SSSR count). The zero-order valence-electron chi connectivity index (χ0n) is 14.1. The van der Waals surface area contributed by atoms with E-state index in [4.69, 9.17) is 4.98 Å². The second kappa shape index (κ2) is 5.84. The Morgan fingerprint density at radius 3 is 2.38 bits per heavy atom. The monoisotopic (exact) mass is 331 g/mol. The standard InChI is InChI=1S/C21H19N2S/c1-14-8-10-16(11-9-14)21-22-20-19(24-21)13-12-18(23(20)3)17-7-5-4-6-15(17)2/h4-13H,1-3H3/q+1. The van der Waals surface area contributed by atoms with Gasteiger partial charge in [-0.2, -0.15) is 0 Å². The first-order valence-electron chi connectivity index (χ1n) is 8.06. The molecule has 24 heavy (non-hydrogen) atoms. The van der Waals surface area contributed by atoms with Gasteiger partial charge in [0, 0.05) is 11.1 Å². The van der Waals surface area contributed by atoms with E-state index >= 15 is 0 Å². The number of hydrogen-bond acceptors (Lipinski definition) is 2. The minimum atomic E-state index is 1.04. The van der Waals surface area contributed by atoms with Crippen LogP contribution in [0.5, 0.6) is 0 Å². The average Bonchev–Trinajstić information content (AvgIpc) is 3.02. The molecule has 0 unspecified atom stereocenters. The molecule has 0 saturated carbocycles. The Hall–Kier alpha value is -2.52. The second-order valence-electron chi connectivity index (χ2n) is 6.17. The first kappa shape index (κ1) is 15.0. The van der Waals surface area contributed by atoms with E-state index in [1.165, 1.54) is 32.6 Å². The fourth-order valence-electron chi connectivity index (χ4n) is 3.00. The Balaban J connectivity index is 1.88. The first-order chi connectivity index (χ1) is 11.6. The molecule has 0 radical (unpaired) electrons. The lowest BCUT2D eigenvalue weighted by Crippen LogP contribution is -2.32. The molecule has 2 aromatic heterocycles. The Bertz CT molecular complexity index is 1030. The maximum Gasteiger partial charge on any atom is 0.342 e. The van der Waals surface area contributed by atoms with Gasteiger partial charge in [-0.25, -0.2) is 4.57 Å². The van der Waals surface area contributed by atoms with E-state index in [1.54, 1.807) is 11.3 Å². The summed E-state index contributed by atoms with van der Waals surface area (Å²) in [5.41, 5.74) is 7.22. The summed E-state index contributed by atoms with van der Waals surface area (Å²) in [6, 6.07) is 21.4. The van der Waals surface area contributed by atoms with Crippen molar-refractivity contribution in [1.82, 2.24) is 4.98 Å². The third kappa shape index (κ3) is 2.51. The van der Waals surface area contributed by atoms with Crippen LogP contribution in [-0.2, 0) is 7.05 Å². The molecule has 3 heteroatoms. The van der Waals surface area contributed by atoms with Crippen molar-refractivity contribution in [3.63, 3.8) is 0 Å². The number of fused-ring (bicyclic) bond motifs is 1. The van der Waals surface area contributed by atoms with E-state index in [-0.39, 0.29) is 0 Å². The molecular formula is C21H19N2S+. The minimum Gasteiger partial charge on any atom is -0.225 e. The Morgan fingerprint density at radius 1 is 0.875 bits per heavy atom. The topological polar surface area (TPSA) is 16.8 Å². The van der Waals surface area contributed by atoms with Crippen LogP contribution in [0.3, 0.4) is 0 Å². The van der Waals surface area contributed by atoms with Gasteiger partial charge in [0.2, 0.25) is 5.01 Å². The molecule has 0 fully saturated rings. The number of rotatable bonds is 2. The van der Waals surface area contributed by atoms with Crippen molar-refractivity contribution in [2.75, 3.05) is 0 Å². The molecule has 118 valence electrons. The van der Waals surface area contributed by atoms with E-state index in [1.807, 2.05) is 0 Å². The zero-order valence-corrected chi connectivity index (χ0v) is 14.9. The molecule has 0 saturated heterocycles. The van der Waals surface area contributed by atoms with Gasteiger partial charge in [-0.05, 0) is 48.7 Å². The van der Waals surface area contributed by atoms with Crippen LogP contribution in [0.15, 0.2) is 60.7 Å². The molecule has 0 aliphatic carbocycles. The van der Waals surface area contributed by atoms with Gasteiger partial charge in [-0.15, -0.1) is 0 Å². The quantitative estimate of drug-likeness (QED) is 0.469. The summed E-state index contributed by atoms with van der Waals surface area (Å²) in [5, 5.41) is 1.07. The summed E-state index contributed by atoms with van der Waals surface area (Å²) in [6.45, 7) is 4.26. The first-order valence-corrected chi connectivity index (χ1v) is 8.88. The largest absolute Gasteiger partial charge is 0.342 e. The van der Waals surface area contributed by atoms with Crippen molar-refractivity contribution in [2.24, 2.45) is 7.05 Å². The highest BCUT2D eigenvalue weighted by Gasteiger charge is 2.20. The lowest BCUT2D eigenvalue weighted by atomic mass is 10.1. The molecule has 0 bridgehead atoms. The van der Waals surface area contributed by atoms with Crippen molar-refractivity contribution in [1.29, 1.82) is 0 Å². The smallest absolute Gasteiger partial charge is 0.225 e. The van der Waals surface area contributed by atoms with Crippen LogP contribution in [0.1, 0.15) is 11.1 Å². The number of pyridine rings is 1. The van der Waals surface area contributed by atoms with Gasteiger partial charge in [-0.3, -0.25) is 0 Å². The fraction of sp³-hybridized carbons (Fsp3) is 0.143. The molecule has 0 N–H and O–H groups in total. The third-order valence-electron chi connectivity index (χ3n) is 4.43. The summed E-state index contributed by atoms with van der Waals surface area (Å²) in [4.78, 5) is 4.91. The number of benzene rings is 2. The molecule has 0 amide bonds.